The molecule has 0 spiro atoms. The van der Waals surface area contributed by atoms with E-state index < -0.39 is 33.8 Å². The molecule has 1 amide bonds. The molecule has 3 nitrogen and oxygen atoms in total. The Hall–Kier alpha value is -1.21. The molecular formula is C12H11ClF3NO2S. The Morgan fingerprint density at radius 2 is 2.00 bits per heavy atom. The van der Waals surface area contributed by atoms with Gasteiger partial charge in [0.05, 0.1) is 22.2 Å². The molecule has 0 radical (unpaired) electrons. The molecule has 0 heterocycles. The van der Waals surface area contributed by atoms with Crippen molar-refractivity contribution in [2.24, 2.45) is 0 Å². The Bertz CT molecular complexity index is 534. The molecule has 0 saturated carbocycles. The van der Waals surface area contributed by atoms with Crippen LogP contribution >= 0.6 is 24.2 Å². The van der Waals surface area contributed by atoms with Crippen LogP contribution in [0.2, 0.25) is 5.02 Å². The Balaban J connectivity index is 3.09. The first kappa shape index (κ1) is 16.8. The monoisotopic (exact) mass is 325 g/mol. The summed E-state index contributed by atoms with van der Waals surface area (Å²) in [6.45, 7) is 1.63. The molecule has 0 fully saturated rings. The van der Waals surface area contributed by atoms with Crippen molar-refractivity contribution in [3.05, 3.63) is 34.3 Å². The average molecular weight is 326 g/mol. The van der Waals surface area contributed by atoms with E-state index in [1.54, 1.807) is 6.92 Å². The summed E-state index contributed by atoms with van der Waals surface area (Å²) < 4.78 is 38.0. The maximum Gasteiger partial charge on any atom is 0.417 e. The topological polar surface area (TPSA) is 46.2 Å². The number of nitrogens with one attached hydrogen (secondary N) is 1. The van der Waals surface area contributed by atoms with Gasteiger partial charge in [0.25, 0.3) is 5.91 Å². The summed E-state index contributed by atoms with van der Waals surface area (Å²) >= 11 is 9.20. The number of amides is 1. The average Bonchev–Trinajstić information content (AvgIpc) is 2.34. The van der Waals surface area contributed by atoms with E-state index in [9.17, 15) is 22.8 Å². The molecule has 0 bridgehead atoms. The van der Waals surface area contributed by atoms with Crippen LogP contribution in [0.5, 0.6) is 0 Å². The Kier molecular flexibility index (Phi) is 5.47. The van der Waals surface area contributed by atoms with Gasteiger partial charge in [0, 0.05) is 0 Å². The zero-order valence-corrected chi connectivity index (χ0v) is 11.9. The van der Waals surface area contributed by atoms with Crippen LogP contribution in [0.3, 0.4) is 0 Å². The fourth-order valence-electron chi connectivity index (χ4n) is 1.50. The van der Waals surface area contributed by atoms with Gasteiger partial charge in [0.15, 0.2) is 0 Å². The van der Waals surface area contributed by atoms with Crippen LogP contribution in [0, 0.1) is 0 Å². The molecule has 1 aromatic carbocycles. The number of alkyl halides is 3. The van der Waals surface area contributed by atoms with Gasteiger partial charge in [-0.3, -0.25) is 9.59 Å². The highest BCUT2D eigenvalue weighted by atomic mass is 35.5. The second-order valence-corrected chi connectivity index (χ2v) is 4.76. The third-order valence-electron chi connectivity index (χ3n) is 2.56. The van der Waals surface area contributed by atoms with Gasteiger partial charge in [-0.25, -0.2) is 0 Å². The highest BCUT2D eigenvalue weighted by Gasteiger charge is 2.34. The minimum absolute atomic E-state index is 0.269. The van der Waals surface area contributed by atoms with Crippen molar-refractivity contribution in [2.45, 2.75) is 25.6 Å². The maximum absolute atomic E-state index is 12.7. The van der Waals surface area contributed by atoms with Crippen LogP contribution in [0.4, 0.5) is 13.2 Å². The molecule has 8 heteroatoms. The van der Waals surface area contributed by atoms with E-state index in [2.05, 4.69) is 17.9 Å². The Morgan fingerprint density at radius 3 is 2.45 bits per heavy atom. The van der Waals surface area contributed by atoms with Crippen LogP contribution in [-0.4, -0.2) is 17.1 Å². The second-order valence-electron chi connectivity index (χ2n) is 3.94. The van der Waals surface area contributed by atoms with E-state index >= 15 is 0 Å². The lowest BCUT2D eigenvalue weighted by atomic mass is 10.1. The molecule has 1 rings (SSSR count). The number of hydrogen-bond acceptors (Lipinski definition) is 2. The Morgan fingerprint density at radius 1 is 1.40 bits per heavy atom. The van der Waals surface area contributed by atoms with Crippen LogP contribution in [0.15, 0.2) is 18.2 Å². The van der Waals surface area contributed by atoms with E-state index in [1.807, 2.05) is 0 Å². The summed E-state index contributed by atoms with van der Waals surface area (Å²) in [5, 5.41) is 1.01. The van der Waals surface area contributed by atoms with Crippen molar-refractivity contribution in [3.8, 4) is 0 Å². The second kappa shape index (κ2) is 6.49. The van der Waals surface area contributed by atoms with Gasteiger partial charge in [-0.1, -0.05) is 24.6 Å². The number of halogens is 4. The summed E-state index contributed by atoms with van der Waals surface area (Å²) in [6, 6.07) is 2.13. The highest BCUT2D eigenvalue weighted by molar-refractivity contribution is 7.96. The Labute approximate surface area is 123 Å². The first-order valence-corrected chi connectivity index (χ1v) is 6.40. The lowest BCUT2D eigenvalue weighted by Crippen LogP contribution is -2.38. The zero-order chi connectivity index (χ0) is 15.5. The minimum atomic E-state index is -4.66. The summed E-state index contributed by atoms with van der Waals surface area (Å²) in [6.07, 6.45) is -4.39. The minimum Gasteiger partial charge on any atom is -0.341 e. The molecule has 0 aromatic heterocycles. The van der Waals surface area contributed by atoms with Crippen molar-refractivity contribution < 1.29 is 22.8 Å². The number of thiol groups is 1. The number of hydrogen-bond donors (Lipinski definition) is 2. The summed E-state index contributed by atoms with van der Waals surface area (Å²) in [4.78, 5) is 23.0. The molecule has 20 heavy (non-hydrogen) atoms. The maximum atomic E-state index is 12.7. The van der Waals surface area contributed by atoms with Gasteiger partial charge in [-0.2, -0.15) is 13.2 Å². The molecular weight excluding hydrogens is 315 g/mol. The SMILES string of the molecule is CC[C@H](NC(=O)c1cccc(C(F)(F)F)c1Cl)C(=O)S. The van der Waals surface area contributed by atoms with Crippen molar-refractivity contribution in [1.82, 2.24) is 5.32 Å². The van der Waals surface area contributed by atoms with E-state index in [0.717, 1.165) is 18.2 Å². The highest BCUT2D eigenvalue weighted by Crippen LogP contribution is 2.36. The zero-order valence-electron chi connectivity index (χ0n) is 10.3. The van der Waals surface area contributed by atoms with Crippen molar-refractivity contribution in [2.75, 3.05) is 0 Å². The molecule has 0 aliphatic rings. The van der Waals surface area contributed by atoms with Crippen molar-refractivity contribution >= 4 is 35.3 Å². The number of carbonyl (C=O) groups is 2. The first-order valence-electron chi connectivity index (χ1n) is 5.57. The van der Waals surface area contributed by atoms with Crippen LogP contribution in [0.25, 0.3) is 0 Å². The van der Waals surface area contributed by atoms with Crippen molar-refractivity contribution in [1.29, 1.82) is 0 Å². The number of rotatable bonds is 4. The predicted octanol–water partition coefficient (Wildman–Crippen LogP) is 3.32. The summed E-state index contributed by atoms with van der Waals surface area (Å²) in [5.41, 5.74) is -1.44. The normalized spacial score (nSPS) is 12.9. The lowest BCUT2D eigenvalue weighted by Gasteiger charge is -2.15. The number of carbonyl (C=O) groups excluding carboxylic acids is 2. The standard InChI is InChI=1S/C12H11ClF3NO2S/c1-2-8(11(19)20)17-10(18)6-4-3-5-7(9(6)13)12(14,15)16/h3-5,8H,2H2,1H3,(H,17,18)(H,19,20)/t8-/m0/s1. The van der Waals surface area contributed by atoms with Gasteiger partial charge in [0.2, 0.25) is 5.12 Å². The van der Waals surface area contributed by atoms with Gasteiger partial charge in [-0.05, 0) is 18.6 Å². The molecule has 0 aliphatic carbocycles. The molecule has 0 aliphatic heterocycles. The fourth-order valence-corrected chi connectivity index (χ4v) is 2.07. The lowest BCUT2D eigenvalue weighted by molar-refractivity contribution is -0.137. The summed E-state index contributed by atoms with van der Waals surface area (Å²) in [7, 11) is 0. The molecule has 1 aromatic rings. The first-order chi connectivity index (χ1) is 9.18. The van der Waals surface area contributed by atoms with Crippen LogP contribution in [0.1, 0.15) is 29.3 Å². The van der Waals surface area contributed by atoms with Crippen molar-refractivity contribution in [3.63, 3.8) is 0 Å². The fraction of sp³-hybridized carbons (Fsp3) is 0.333. The predicted molar refractivity (Wildman–Crippen MR) is 72.0 cm³/mol. The van der Waals surface area contributed by atoms with Crippen LogP contribution < -0.4 is 5.32 Å². The molecule has 0 unspecified atom stereocenters. The van der Waals surface area contributed by atoms with E-state index in [4.69, 9.17) is 11.6 Å². The largest absolute Gasteiger partial charge is 0.417 e. The third kappa shape index (κ3) is 3.89. The quantitative estimate of drug-likeness (QED) is 0.834. The molecule has 0 saturated heterocycles. The smallest absolute Gasteiger partial charge is 0.341 e. The number of benzene rings is 1. The molecule has 1 N–H and O–H groups in total. The van der Waals surface area contributed by atoms with Crippen LogP contribution in [-0.2, 0) is 11.0 Å². The van der Waals surface area contributed by atoms with Gasteiger partial charge < -0.3 is 5.32 Å². The summed E-state index contributed by atoms with van der Waals surface area (Å²) in [5.74, 6) is -0.852. The van der Waals surface area contributed by atoms with Gasteiger partial charge in [-0.15, -0.1) is 12.6 Å². The van der Waals surface area contributed by atoms with Gasteiger partial charge >= 0.3 is 6.18 Å². The molecule has 1 atom stereocenters. The van der Waals surface area contributed by atoms with Gasteiger partial charge in [0.1, 0.15) is 0 Å². The third-order valence-corrected chi connectivity index (χ3v) is 3.28. The molecule has 110 valence electrons. The van der Waals surface area contributed by atoms with E-state index in [1.165, 1.54) is 0 Å². The van der Waals surface area contributed by atoms with E-state index in [-0.39, 0.29) is 12.0 Å². The van der Waals surface area contributed by atoms with E-state index in [0.29, 0.717) is 0 Å².